The van der Waals surface area contributed by atoms with Crippen LogP contribution in [0.4, 0.5) is 0 Å². The Morgan fingerprint density at radius 3 is 2.76 bits per heavy atom. The zero-order valence-electron chi connectivity index (χ0n) is 11.9. The van der Waals surface area contributed by atoms with Crippen molar-refractivity contribution in [2.24, 2.45) is 0 Å². The van der Waals surface area contributed by atoms with Gasteiger partial charge in [-0.15, -0.1) is 0 Å². The van der Waals surface area contributed by atoms with E-state index in [4.69, 9.17) is 4.74 Å². The van der Waals surface area contributed by atoms with E-state index in [1.165, 1.54) is 32.2 Å². The van der Waals surface area contributed by atoms with E-state index in [1.807, 2.05) is 0 Å². The predicted molar refractivity (Wildman–Crippen MR) is 73.5 cm³/mol. The summed E-state index contributed by atoms with van der Waals surface area (Å²) < 4.78 is 5.69. The van der Waals surface area contributed by atoms with Gasteiger partial charge in [0.15, 0.2) is 0 Å². The molecule has 1 N–H and O–H groups in total. The molecule has 3 nitrogen and oxygen atoms in total. The molecule has 1 heterocycles. The molecule has 0 saturated carbocycles. The molecule has 0 aliphatic carbocycles. The lowest BCUT2D eigenvalue weighted by Crippen LogP contribution is -2.33. The highest BCUT2D eigenvalue weighted by atomic mass is 16.5. The van der Waals surface area contributed by atoms with E-state index in [9.17, 15) is 0 Å². The van der Waals surface area contributed by atoms with E-state index in [1.54, 1.807) is 0 Å². The molecule has 0 aromatic heterocycles. The summed E-state index contributed by atoms with van der Waals surface area (Å²) >= 11 is 0. The van der Waals surface area contributed by atoms with Crippen molar-refractivity contribution in [1.82, 2.24) is 10.2 Å². The van der Waals surface area contributed by atoms with Crippen molar-refractivity contribution in [3.05, 3.63) is 0 Å². The molecular formula is C14H30N2O. The summed E-state index contributed by atoms with van der Waals surface area (Å²) in [6, 6.07) is 0.615. The number of unbranched alkanes of at least 4 members (excludes halogenated alkanes) is 1. The van der Waals surface area contributed by atoms with Gasteiger partial charge >= 0.3 is 0 Å². The summed E-state index contributed by atoms with van der Waals surface area (Å²) in [4.78, 5) is 2.53. The summed E-state index contributed by atoms with van der Waals surface area (Å²) in [7, 11) is 0. The van der Waals surface area contributed by atoms with Crippen molar-refractivity contribution in [3.63, 3.8) is 0 Å². The van der Waals surface area contributed by atoms with Gasteiger partial charge in [-0.05, 0) is 45.3 Å². The molecule has 17 heavy (non-hydrogen) atoms. The lowest BCUT2D eigenvalue weighted by Gasteiger charge is -2.23. The first-order valence-electron chi connectivity index (χ1n) is 7.29. The SMILES string of the molecule is CCN(CCCCNC(C)C)CC1CCCO1. The molecule has 1 fully saturated rings. The Hall–Kier alpha value is -0.120. The zero-order chi connectivity index (χ0) is 12.5. The van der Waals surface area contributed by atoms with Crippen molar-refractivity contribution in [2.75, 3.05) is 32.8 Å². The second-order valence-electron chi connectivity index (χ2n) is 5.34. The first-order valence-corrected chi connectivity index (χ1v) is 7.29. The van der Waals surface area contributed by atoms with Gasteiger partial charge in [0.05, 0.1) is 6.10 Å². The average Bonchev–Trinajstić information content (AvgIpc) is 2.79. The Labute approximate surface area is 107 Å². The van der Waals surface area contributed by atoms with Crippen molar-refractivity contribution in [3.8, 4) is 0 Å². The molecule has 0 spiro atoms. The summed E-state index contributed by atoms with van der Waals surface area (Å²) in [6.07, 6.45) is 5.58. The van der Waals surface area contributed by atoms with E-state index in [0.717, 1.165) is 26.2 Å². The molecular weight excluding hydrogens is 212 g/mol. The summed E-state index contributed by atoms with van der Waals surface area (Å²) in [5, 5.41) is 3.47. The maximum atomic E-state index is 5.69. The monoisotopic (exact) mass is 242 g/mol. The highest BCUT2D eigenvalue weighted by Crippen LogP contribution is 2.13. The van der Waals surface area contributed by atoms with E-state index in [0.29, 0.717) is 12.1 Å². The topological polar surface area (TPSA) is 24.5 Å². The number of rotatable bonds is 9. The predicted octanol–water partition coefficient (Wildman–Crippen LogP) is 2.27. The van der Waals surface area contributed by atoms with Gasteiger partial charge in [-0.2, -0.15) is 0 Å². The van der Waals surface area contributed by atoms with Gasteiger partial charge in [0.1, 0.15) is 0 Å². The fraction of sp³-hybridized carbons (Fsp3) is 1.00. The van der Waals surface area contributed by atoms with Crippen LogP contribution in [0.3, 0.4) is 0 Å². The summed E-state index contributed by atoms with van der Waals surface area (Å²) in [6.45, 7) is 12.3. The highest BCUT2D eigenvalue weighted by molar-refractivity contribution is 4.70. The van der Waals surface area contributed by atoms with Crippen LogP contribution < -0.4 is 5.32 Å². The maximum Gasteiger partial charge on any atom is 0.0702 e. The number of hydrogen-bond donors (Lipinski definition) is 1. The van der Waals surface area contributed by atoms with Crippen molar-refractivity contribution < 1.29 is 4.74 Å². The lowest BCUT2D eigenvalue weighted by atomic mass is 10.2. The number of nitrogens with zero attached hydrogens (tertiary/aromatic N) is 1. The fourth-order valence-corrected chi connectivity index (χ4v) is 2.31. The van der Waals surface area contributed by atoms with Crippen LogP contribution in [0.15, 0.2) is 0 Å². The summed E-state index contributed by atoms with van der Waals surface area (Å²) in [5.41, 5.74) is 0. The Morgan fingerprint density at radius 1 is 1.35 bits per heavy atom. The van der Waals surface area contributed by atoms with Gasteiger partial charge < -0.3 is 15.0 Å². The van der Waals surface area contributed by atoms with Crippen LogP contribution in [0.1, 0.15) is 46.5 Å². The minimum absolute atomic E-state index is 0.503. The second kappa shape index (κ2) is 8.90. The van der Waals surface area contributed by atoms with Crippen LogP contribution in [-0.2, 0) is 4.74 Å². The first-order chi connectivity index (χ1) is 8.22. The molecule has 0 amide bonds. The third-order valence-electron chi connectivity index (χ3n) is 3.39. The zero-order valence-corrected chi connectivity index (χ0v) is 11.9. The van der Waals surface area contributed by atoms with Crippen LogP contribution in [-0.4, -0.2) is 49.8 Å². The standard InChI is InChI=1S/C14H30N2O/c1-4-16(12-14-8-7-11-17-14)10-6-5-9-15-13(2)3/h13-15H,4-12H2,1-3H3. The quantitative estimate of drug-likeness (QED) is 0.628. The molecule has 0 radical (unpaired) electrons. The van der Waals surface area contributed by atoms with Gasteiger partial charge in [-0.3, -0.25) is 0 Å². The minimum atomic E-state index is 0.503. The van der Waals surface area contributed by atoms with E-state index in [2.05, 4.69) is 31.0 Å². The van der Waals surface area contributed by atoms with Gasteiger partial charge in [0.2, 0.25) is 0 Å². The number of ether oxygens (including phenoxy) is 1. The first kappa shape index (κ1) is 14.9. The van der Waals surface area contributed by atoms with E-state index >= 15 is 0 Å². The molecule has 1 aliphatic heterocycles. The summed E-state index contributed by atoms with van der Waals surface area (Å²) in [5.74, 6) is 0. The molecule has 3 heteroatoms. The average molecular weight is 242 g/mol. The normalized spacial score (nSPS) is 20.6. The lowest BCUT2D eigenvalue weighted by molar-refractivity contribution is 0.0743. The van der Waals surface area contributed by atoms with E-state index < -0.39 is 0 Å². The van der Waals surface area contributed by atoms with Crippen LogP contribution in [0.2, 0.25) is 0 Å². The highest BCUT2D eigenvalue weighted by Gasteiger charge is 2.17. The van der Waals surface area contributed by atoms with E-state index in [-0.39, 0.29) is 0 Å². The van der Waals surface area contributed by atoms with Gasteiger partial charge in [0, 0.05) is 19.2 Å². The van der Waals surface area contributed by atoms with Crippen LogP contribution in [0.25, 0.3) is 0 Å². The second-order valence-corrected chi connectivity index (χ2v) is 5.34. The number of nitrogens with one attached hydrogen (secondary N) is 1. The Kier molecular flexibility index (Phi) is 7.82. The smallest absolute Gasteiger partial charge is 0.0702 e. The van der Waals surface area contributed by atoms with Gasteiger partial charge in [-0.25, -0.2) is 0 Å². The van der Waals surface area contributed by atoms with Crippen molar-refractivity contribution in [2.45, 2.75) is 58.6 Å². The third-order valence-corrected chi connectivity index (χ3v) is 3.39. The van der Waals surface area contributed by atoms with Gasteiger partial charge in [-0.1, -0.05) is 20.8 Å². The molecule has 1 unspecified atom stereocenters. The molecule has 0 aromatic carbocycles. The number of likely N-dealkylation sites (N-methyl/N-ethyl adjacent to an activating group) is 1. The molecule has 1 saturated heterocycles. The maximum absolute atomic E-state index is 5.69. The molecule has 1 atom stereocenters. The van der Waals surface area contributed by atoms with Crippen molar-refractivity contribution >= 4 is 0 Å². The molecule has 0 bridgehead atoms. The third kappa shape index (κ3) is 7.02. The van der Waals surface area contributed by atoms with Crippen molar-refractivity contribution in [1.29, 1.82) is 0 Å². The van der Waals surface area contributed by atoms with Crippen LogP contribution >= 0.6 is 0 Å². The van der Waals surface area contributed by atoms with Crippen LogP contribution in [0.5, 0.6) is 0 Å². The largest absolute Gasteiger partial charge is 0.377 e. The molecule has 0 aromatic rings. The minimum Gasteiger partial charge on any atom is -0.377 e. The molecule has 1 aliphatic rings. The van der Waals surface area contributed by atoms with Crippen LogP contribution in [0, 0.1) is 0 Å². The fourth-order valence-electron chi connectivity index (χ4n) is 2.31. The number of hydrogen-bond acceptors (Lipinski definition) is 3. The molecule has 1 rings (SSSR count). The Bertz CT molecular complexity index is 179. The Balaban J connectivity index is 2.01. The van der Waals surface area contributed by atoms with Gasteiger partial charge in [0.25, 0.3) is 0 Å². The Morgan fingerprint density at radius 2 is 2.18 bits per heavy atom. The molecule has 102 valence electrons.